The van der Waals surface area contributed by atoms with Crippen molar-refractivity contribution in [2.45, 2.75) is 32.1 Å². The Labute approximate surface area is 121 Å². The number of esters is 1. The topological polar surface area (TPSA) is 46.5 Å². The standard InChI is InChI=1S/C13H12F6O3/c1-2-3-6-22-11(21)7-4-5-8(20)10(13(17,18)19)9(7)12(14,15)16/h4-5,20H,2-3,6H2,1H3. The fraction of sp³-hybridized carbons (Fsp3) is 0.462. The van der Waals surface area contributed by atoms with E-state index in [0.29, 0.717) is 25.0 Å². The quantitative estimate of drug-likeness (QED) is 0.506. The van der Waals surface area contributed by atoms with Crippen LogP contribution in [0.5, 0.6) is 5.75 Å². The van der Waals surface area contributed by atoms with Crippen LogP contribution < -0.4 is 0 Å². The Balaban J connectivity index is 3.44. The number of hydrogen-bond donors (Lipinski definition) is 1. The number of benzene rings is 1. The van der Waals surface area contributed by atoms with E-state index in [1.165, 1.54) is 0 Å². The van der Waals surface area contributed by atoms with Crippen LogP contribution in [0.2, 0.25) is 0 Å². The Kier molecular flexibility index (Phi) is 5.31. The van der Waals surface area contributed by atoms with Gasteiger partial charge < -0.3 is 9.84 Å². The lowest BCUT2D eigenvalue weighted by Crippen LogP contribution is -2.22. The number of ether oxygens (including phenoxy) is 1. The molecule has 1 aromatic carbocycles. The molecule has 0 amide bonds. The first-order valence-electron chi connectivity index (χ1n) is 6.17. The van der Waals surface area contributed by atoms with Gasteiger partial charge in [-0.2, -0.15) is 26.3 Å². The number of unbranched alkanes of at least 4 members (excludes halogenated alkanes) is 1. The molecular weight excluding hydrogens is 318 g/mol. The molecule has 0 aliphatic carbocycles. The van der Waals surface area contributed by atoms with Gasteiger partial charge in [0.15, 0.2) is 0 Å². The second-order valence-corrected chi connectivity index (χ2v) is 4.37. The van der Waals surface area contributed by atoms with Crippen molar-refractivity contribution in [3.63, 3.8) is 0 Å². The van der Waals surface area contributed by atoms with Gasteiger partial charge in [-0.3, -0.25) is 0 Å². The zero-order chi connectivity index (χ0) is 17.1. The van der Waals surface area contributed by atoms with Crippen molar-refractivity contribution in [3.8, 4) is 5.75 Å². The number of hydrogen-bond acceptors (Lipinski definition) is 3. The molecule has 0 fully saturated rings. The Hall–Kier alpha value is -1.93. The molecule has 1 N–H and O–H groups in total. The number of aromatic hydroxyl groups is 1. The van der Waals surface area contributed by atoms with Crippen molar-refractivity contribution >= 4 is 5.97 Å². The van der Waals surface area contributed by atoms with Gasteiger partial charge in [-0.15, -0.1) is 0 Å². The molecule has 0 spiro atoms. The molecule has 0 saturated carbocycles. The fourth-order valence-electron chi connectivity index (χ4n) is 1.73. The second kappa shape index (κ2) is 6.45. The Morgan fingerprint density at radius 2 is 1.64 bits per heavy atom. The number of phenolic OH excluding ortho intramolecular Hbond substituents is 1. The third-order valence-corrected chi connectivity index (χ3v) is 2.70. The summed E-state index contributed by atoms with van der Waals surface area (Å²) in [5, 5.41) is 9.14. The number of alkyl halides is 6. The number of carbonyl (C=O) groups is 1. The van der Waals surface area contributed by atoms with Gasteiger partial charge >= 0.3 is 18.3 Å². The summed E-state index contributed by atoms with van der Waals surface area (Å²) in [5.74, 6) is -3.13. The number of halogens is 6. The number of rotatable bonds is 4. The van der Waals surface area contributed by atoms with Crippen LogP contribution in [0.15, 0.2) is 12.1 Å². The van der Waals surface area contributed by atoms with E-state index < -0.39 is 40.8 Å². The van der Waals surface area contributed by atoms with Crippen molar-refractivity contribution < 1.29 is 41.0 Å². The molecule has 0 saturated heterocycles. The molecule has 0 heterocycles. The molecule has 0 aromatic heterocycles. The van der Waals surface area contributed by atoms with E-state index in [2.05, 4.69) is 4.74 Å². The predicted molar refractivity (Wildman–Crippen MR) is 63.3 cm³/mol. The van der Waals surface area contributed by atoms with Crippen LogP contribution in [0, 0.1) is 0 Å². The average molecular weight is 330 g/mol. The number of carbonyl (C=O) groups excluding carboxylic acids is 1. The molecule has 9 heteroatoms. The van der Waals surface area contributed by atoms with Crippen LogP contribution in [0.25, 0.3) is 0 Å². The van der Waals surface area contributed by atoms with Crippen molar-refractivity contribution in [1.82, 2.24) is 0 Å². The van der Waals surface area contributed by atoms with Crippen molar-refractivity contribution in [2.24, 2.45) is 0 Å². The van der Waals surface area contributed by atoms with Crippen LogP contribution in [0.4, 0.5) is 26.3 Å². The number of phenols is 1. The summed E-state index contributed by atoms with van der Waals surface area (Å²) in [5.41, 5.74) is -5.83. The SMILES string of the molecule is CCCCOC(=O)c1ccc(O)c(C(F)(F)F)c1C(F)(F)F. The highest BCUT2D eigenvalue weighted by Gasteiger charge is 2.48. The Morgan fingerprint density at radius 3 is 2.09 bits per heavy atom. The smallest absolute Gasteiger partial charge is 0.420 e. The Bertz CT molecular complexity index is 548. The summed E-state index contributed by atoms with van der Waals surface area (Å²) < 4.78 is 81.7. The lowest BCUT2D eigenvalue weighted by atomic mass is 9.98. The maximum Gasteiger partial charge on any atom is 0.420 e. The minimum absolute atomic E-state index is 0.213. The van der Waals surface area contributed by atoms with Crippen LogP contribution in [0.3, 0.4) is 0 Å². The van der Waals surface area contributed by atoms with E-state index in [1.807, 2.05) is 0 Å². The van der Waals surface area contributed by atoms with E-state index in [0.717, 1.165) is 0 Å². The van der Waals surface area contributed by atoms with E-state index in [4.69, 9.17) is 5.11 Å². The minimum atomic E-state index is -5.48. The lowest BCUT2D eigenvalue weighted by molar-refractivity contribution is -0.163. The zero-order valence-electron chi connectivity index (χ0n) is 11.3. The molecule has 0 unspecified atom stereocenters. The first-order chi connectivity index (χ1) is 10.00. The molecule has 1 aromatic rings. The Morgan fingerprint density at radius 1 is 1.09 bits per heavy atom. The molecule has 0 aliphatic heterocycles. The molecule has 0 bridgehead atoms. The van der Waals surface area contributed by atoms with Gasteiger partial charge in [0.2, 0.25) is 0 Å². The normalized spacial score (nSPS) is 12.3. The average Bonchev–Trinajstić information content (AvgIpc) is 2.35. The third-order valence-electron chi connectivity index (χ3n) is 2.70. The summed E-state index contributed by atoms with van der Waals surface area (Å²) in [6.45, 7) is 1.52. The van der Waals surface area contributed by atoms with E-state index >= 15 is 0 Å². The van der Waals surface area contributed by atoms with Gasteiger partial charge in [0.1, 0.15) is 11.3 Å². The first-order valence-corrected chi connectivity index (χ1v) is 6.17. The summed E-state index contributed by atoms with van der Waals surface area (Å²) in [7, 11) is 0. The maximum atomic E-state index is 12.9. The van der Waals surface area contributed by atoms with E-state index in [1.54, 1.807) is 6.92 Å². The largest absolute Gasteiger partial charge is 0.507 e. The first kappa shape index (κ1) is 18.1. The van der Waals surface area contributed by atoms with Crippen molar-refractivity contribution in [1.29, 1.82) is 0 Å². The van der Waals surface area contributed by atoms with Crippen LogP contribution in [0.1, 0.15) is 41.3 Å². The predicted octanol–water partition coefficient (Wildman–Crippen LogP) is 4.39. The zero-order valence-corrected chi connectivity index (χ0v) is 11.3. The minimum Gasteiger partial charge on any atom is -0.507 e. The van der Waals surface area contributed by atoms with Gasteiger partial charge in [-0.25, -0.2) is 4.79 Å². The fourth-order valence-corrected chi connectivity index (χ4v) is 1.73. The van der Waals surface area contributed by atoms with Crippen LogP contribution >= 0.6 is 0 Å². The molecule has 0 atom stereocenters. The summed E-state index contributed by atoms with van der Waals surface area (Å²) in [6, 6.07) is 0.843. The lowest BCUT2D eigenvalue weighted by Gasteiger charge is -2.19. The van der Waals surface area contributed by atoms with Crippen molar-refractivity contribution in [2.75, 3.05) is 6.61 Å². The summed E-state index contributed by atoms with van der Waals surface area (Å²) in [6.07, 6.45) is -10.0. The molecule has 1 rings (SSSR count). The highest BCUT2D eigenvalue weighted by Crippen LogP contribution is 2.46. The van der Waals surface area contributed by atoms with Gasteiger partial charge in [0, 0.05) is 0 Å². The summed E-state index contributed by atoms with van der Waals surface area (Å²) in [4.78, 5) is 11.6. The molecule has 0 aliphatic rings. The third kappa shape index (κ3) is 4.05. The van der Waals surface area contributed by atoms with Gasteiger partial charge in [0.05, 0.1) is 17.7 Å². The van der Waals surface area contributed by atoms with Crippen LogP contribution in [-0.4, -0.2) is 17.7 Å². The van der Waals surface area contributed by atoms with Crippen molar-refractivity contribution in [3.05, 3.63) is 28.8 Å². The van der Waals surface area contributed by atoms with Gasteiger partial charge in [-0.1, -0.05) is 13.3 Å². The second-order valence-electron chi connectivity index (χ2n) is 4.37. The highest BCUT2D eigenvalue weighted by molar-refractivity contribution is 5.92. The van der Waals surface area contributed by atoms with Gasteiger partial charge in [-0.05, 0) is 18.6 Å². The highest BCUT2D eigenvalue weighted by atomic mass is 19.4. The molecular formula is C13H12F6O3. The molecule has 22 heavy (non-hydrogen) atoms. The summed E-state index contributed by atoms with van der Waals surface area (Å²) >= 11 is 0. The van der Waals surface area contributed by atoms with Gasteiger partial charge in [0.25, 0.3) is 0 Å². The molecule has 124 valence electrons. The van der Waals surface area contributed by atoms with E-state index in [-0.39, 0.29) is 6.61 Å². The molecule has 3 nitrogen and oxygen atoms in total. The van der Waals surface area contributed by atoms with E-state index in [9.17, 15) is 31.1 Å². The molecule has 0 radical (unpaired) electrons. The van der Waals surface area contributed by atoms with Crippen LogP contribution in [-0.2, 0) is 17.1 Å². The maximum absolute atomic E-state index is 12.9. The monoisotopic (exact) mass is 330 g/mol.